The van der Waals surface area contributed by atoms with Gasteiger partial charge >= 0.3 is 6.03 Å². The van der Waals surface area contributed by atoms with Gasteiger partial charge in [-0.3, -0.25) is 0 Å². The fraction of sp³-hybridized carbons (Fsp3) is 0.556. The van der Waals surface area contributed by atoms with E-state index in [-0.39, 0.29) is 6.03 Å². The molecule has 0 saturated carbocycles. The minimum absolute atomic E-state index is 0.153. The summed E-state index contributed by atoms with van der Waals surface area (Å²) in [5, 5.41) is 5.20. The molecule has 0 aliphatic carbocycles. The molecule has 0 aliphatic heterocycles. The normalized spacial score (nSPS) is 9.86. The number of carbonyl (C=O) groups is 1. The molecule has 2 amide bonds. The molecule has 0 aromatic carbocycles. The van der Waals surface area contributed by atoms with Crippen molar-refractivity contribution in [2.24, 2.45) is 0 Å². The summed E-state index contributed by atoms with van der Waals surface area (Å²) in [4.78, 5) is 15.0. The van der Waals surface area contributed by atoms with Crippen LogP contribution in [0.25, 0.3) is 0 Å². The van der Waals surface area contributed by atoms with Crippen LogP contribution in [0, 0.1) is 0 Å². The first-order valence-electron chi connectivity index (χ1n) is 4.72. The maximum Gasteiger partial charge on any atom is 0.314 e. The molecule has 1 aromatic rings. The fourth-order valence-electron chi connectivity index (χ4n) is 1.10. The van der Waals surface area contributed by atoms with Crippen LogP contribution in [0.4, 0.5) is 4.79 Å². The molecule has 5 heteroatoms. The van der Waals surface area contributed by atoms with Crippen molar-refractivity contribution in [1.29, 1.82) is 0 Å². The molecule has 0 spiro atoms. The Labute approximate surface area is 83.5 Å². The van der Waals surface area contributed by atoms with E-state index in [0.29, 0.717) is 6.54 Å². The molecular formula is C9H16N4O. The molecule has 1 rings (SSSR count). The Morgan fingerprint density at radius 2 is 2.43 bits per heavy atom. The molecular weight excluding hydrogens is 180 g/mol. The van der Waals surface area contributed by atoms with Crippen LogP contribution in [0.2, 0.25) is 0 Å². The smallest absolute Gasteiger partial charge is 0.314 e. The SMILES string of the molecule is CCn1cnc(CCNC(=O)NC)c1. The van der Waals surface area contributed by atoms with Crippen molar-refractivity contribution in [2.45, 2.75) is 19.9 Å². The van der Waals surface area contributed by atoms with E-state index in [9.17, 15) is 4.79 Å². The Hall–Kier alpha value is -1.52. The van der Waals surface area contributed by atoms with Gasteiger partial charge in [-0.1, -0.05) is 0 Å². The van der Waals surface area contributed by atoms with Crippen molar-refractivity contribution in [2.75, 3.05) is 13.6 Å². The quantitative estimate of drug-likeness (QED) is 0.731. The molecule has 78 valence electrons. The van der Waals surface area contributed by atoms with Gasteiger partial charge in [-0.05, 0) is 6.92 Å². The molecule has 0 saturated heterocycles. The van der Waals surface area contributed by atoms with Gasteiger partial charge in [0.2, 0.25) is 0 Å². The average Bonchev–Trinajstić information content (AvgIpc) is 2.65. The third-order valence-electron chi connectivity index (χ3n) is 1.95. The van der Waals surface area contributed by atoms with Crippen LogP contribution in [0.5, 0.6) is 0 Å². The summed E-state index contributed by atoms with van der Waals surface area (Å²) in [6.07, 6.45) is 4.56. The molecule has 0 aliphatic rings. The molecule has 0 fully saturated rings. The summed E-state index contributed by atoms with van der Waals surface area (Å²) >= 11 is 0. The van der Waals surface area contributed by atoms with Gasteiger partial charge in [-0.2, -0.15) is 0 Å². The number of urea groups is 1. The van der Waals surface area contributed by atoms with E-state index in [4.69, 9.17) is 0 Å². The highest BCUT2D eigenvalue weighted by molar-refractivity contribution is 5.73. The minimum atomic E-state index is -0.153. The lowest BCUT2D eigenvalue weighted by Gasteiger charge is -2.01. The summed E-state index contributed by atoms with van der Waals surface area (Å²) in [6, 6.07) is -0.153. The fourth-order valence-corrected chi connectivity index (χ4v) is 1.10. The van der Waals surface area contributed by atoms with Crippen LogP contribution >= 0.6 is 0 Å². The van der Waals surface area contributed by atoms with Crippen LogP contribution < -0.4 is 10.6 Å². The second-order valence-electron chi connectivity index (χ2n) is 2.95. The maximum absolute atomic E-state index is 10.8. The maximum atomic E-state index is 10.8. The van der Waals surface area contributed by atoms with E-state index in [2.05, 4.69) is 22.5 Å². The van der Waals surface area contributed by atoms with Gasteiger partial charge in [0.15, 0.2) is 0 Å². The van der Waals surface area contributed by atoms with E-state index in [0.717, 1.165) is 18.7 Å². The number of aromatic nitrogens is 2. The first kappa shape index (κ1) is 10.6. The molecule has 5 nitrogen and oxygen atoms in total. The minimum Gasteiger partial charge on any atom is -0.341 e. The van der Waals surface area contributed by atoms with Crippen LogP contribution in [0.3, 0.4) is 0 Å². The van der Waals surface area contributed by atoms with E-state index in [1.165, 1.54) is 0 Å². The Morgan fingerprint density at radius 1 is 1.64 bits per heavy atom. The average molecular weight is 196 g/mol. The van der Waals surface area contributed by atoms with Crippen LogP contribution in [-0.4, -0.2) is 29.2 Å². The topological polar surface area (TPSA) is 59.0 Å². The molecule has 0 unspecified atom stereocenters. The zero-order valence-electron chi connectivity index (χ0n) is 8.58. The number of aryl methyl sites for hydroxylation is 1. The van der Waals surface area contributed by atoms with Gasteiger partial charge in [-0.15, -0.1) is 0 Å². The second kappa shape index (κ2) is 5.26. The van der Waals surface area contributed by atoms with Gasteiger partial charge in [0.25, 0.3) is 0 Å². The van der Waals surface area contributed by atoms with Crippen molar-refractivity contribution in [1.82, 2.24) is 20.2 Å². The summed E-state index contributed by atoms with van der Waals surface area (Å²) < 4.78 is 2.01. The van der Waals surface area contributed by atoms with Crippen molar-refractivity contribution < 1.29 is 4.79 Å². The largest absolute Gasteiger partial charge is 0.341 e. The predicted octanol–water partition coefficient (Wildman–Crippen LogP) is 0.374. The van der Waals surface area contributed by atoms with Crippen molar-refractivity contribution in [3.63, 3.8) is 0 Å². The highest BCUT2D eigenvalue weighted by Crippen LogP contribution is 1.96. The number of hydrogen-bond acceptors (Lipinski definition) is 2. The molecule has 14 heavy (non-hydrogen) atoms. The van der Waals surface area contributed by atoms with Crippen molar-refractivity contribution in [3.05, 3.63) is 18.2 Å². The van der Waals surface area contributed by atoms with Crippen LogP contribution in [0.1, 0.15) is 12.6 Å². The highest BCUT2D eigenvalue weighted by atomic mass is 16.2. The van der Waals surface area contributed by atoms with E-state index < -0.39 is 0 Å². The first-order chi connectivity index (χ1) is 6.76. The lowest BCUT2D eigenvalue weighted by molar-refractivity contribution is 0.243. The summed E-state index contributed by atoms with van der Waals surface area (Å²) in [6.45, 7) is 3.60. The molecule has 1 heterocycles. The van der Waals surface area contributed by atoms with E-state index in [1.807, 2.05) is 10.8 Å². The Morgan fingerprint density at radius 3 is 3.00 bits per heavy atom. The second-order valence-corrected chi connectivity index (χ2v) is 2.95. The standard InChI is InChI=1S/C9H16N4O/c1-3-13-6-8(12-7-13)4-5-11-9(14)10-2/h6-7H,3-5H2,1-2H3,(H2,10,11,14). The van der Waals surface area contributed by atoms with Gasteiger partial charge in [-0.25, -0.2) is 9.78 Å². The lowest BCUT2D eigenvalue weighted by Crippen LogP contribution is -2.34. The molecule has 0 radical (unpaired) electrons. The number of nitrogens with one attached hydrogen (secondary N) is 2. The Balaban J connectivity index is 2.27. The summed E-state index contributed by atoms with van der Waals surface area (Å²) in [7, 11) is 1.60. The molecule has 1 aromatic heterocycles. The third kappa shape index (κ3) is 3.08. The van der Waals surface area contributed by atoms with Crippen molar-refractivity contribution in [3.8, 4) is 0 Å². The molecule has 2 N–H and O–H groups in total. The van der Waals surface area contributed by atoms with Crippen LogP contribution in [-0.2, 0) is 13.0 Å². The Bertz CT molecular complexity index is 295. The Kier molecular flexibility index (Phi) is 3.97. The number of imidazole rings is 1. The number of nitrogens with zero attached hydrogens (tertiary/aromatic N) is 2. The van der Waals surface area contributed by atoms with E-state index >= 15 is 0 Å². The number of rotatable bonds is 4. The number of carbonyl (C=O) groups excluding carboxylic acids is 1. The van der Waals surface area contributed by atoms with Gasteiger partial charge in [0, 0.05) is 32.8 Å². The summed E-state index contributed by atoms with van der Waals surface area (Å²) in [5.74, 6) is 0. The zero-order chi connectivity index (χ0) is 10.4. The monoisotopic (exact) mass is 196 g/mol. The first-order valence-corrected chi connectivity index (χ1v) is 4.72. The zero-order valence-corrected chi connectivity index (χ0v) is 8.58. The van der Waals surface area contributed by atoms with Crippen molar-refractivity contribution >= 4 is 6.03 Å². The third-order valence-corrected chi connectivity index (χ3v) is 1.95. The lowest BCUT2D eigenvalue weighted by atomic mass is 10.3. The number of amides is 2. The highest BCUT2D eigenvalue weighted by Gasteiger charge is 1.99. The van der Waals surface area contributed by atoms with E-state index in [1.54, 1.807) is 13.4 Å². The van der Waals surface area contributed by atoms with Gasteiger partial charge < -0.3 is 15.2 Å². The number of hydrogen-bond donors (Lipinski definition) is 2. The van der Waals surface area contributed by atoms with Gasteiger partial charge in [0.1, 0.15) is 0 Å². The van der Waals surface area contributed by atoms with Crippen LogP contribution in [0.15, 0.2) is 12.5 Å². The van der Waals surface area contributed by atoms with Gasteiger partial charge in [0.05, 0.1) is 12.0 Å². The predicted molar refractivity (Wildman–Crippen MR) is 54.1 cm³/mol. The molecule has 0 atom stereocenters. The molecule has 0 bridgehead atoms. The summed E-state index contributed by atoms with van der Waals surface area (Å²) in [5.41, 5.74) is 1.00.